The molecule has 0 unspecified atom stereocenters. The maximum Gasteiger partial charge on any atom is 0.430 e. The van der Waals surface area contributed by atoms with Crippen LogP contribution >= 0.6 is 0 Å². The van der Waals surface area contributed by atoms with Crippen molar-refractivity contribution in [3.05, 3.63) is 36.0 Å². The third kappa shape index (κ3) is 1.86. The SMILES string of the molecule is OC(c1cccc2cc[nH]c12)(C(F)(F)F)C(F)(F)F. The highest BCUT2D eigenvalue weighted by Crippen LogP contribution is 2.51. The average Bonchev–Trinajstić information content (AvgIpc) is 2.72. The zero-order valence-electron chi connectivity index (χ0n) is 9.10. The van der Waals surface area contributed by atoms with Crippen LogP contribution in [-0.4, -0.2) is 22.4 Å². The Hall–Kier alpha value is -1.70. The van der Waals surface area contributed by atoms with Gasteiger partial charge >= 0.3 is 12.4 Å². The predicted octanol–water partition coefficient (Wildman–Crippen LogP) is 3.48. The van der Waals surface area contributed by atoms with Gasteiger partial charge in [-0.3, -0.25) is 0 Å². The van der Waals surface area contributed by atoms with E-state index < -0.39 is 29.0 Å². The Morgan fingerprint density at radius 3 is 2.00 bits per heavy atom. The van der Waals surface area contributed by atoms with Gasteiger partial charge in [0.1, 0.15) is 0 Å². The molecule has 0 aliphatic carbocycles. The van der Waals surface area contributed by atoms with Gasteiger partial charge in [-0.05, 0) is 11.5 Å². The molecule has 1 heterocycles. The third-order valence-electron chi connectivity index (χ3n) is 2.80. The number of fused-ring (bicyclic) bond motifs is 1. The molecule has 0 saturated heterocycles. The lowest BCUT2D eigenvalue weighted by atomic mass is 9.90. The zero-order valence-corrected chi connectivity index (χ0v) is 9.10. The molecule has 2 aromatic rings. The van der Waals surface area contributed by atoms with Gasteiger partial charge in [0.25, 0.3) is 5.60 Å². The van der Waals surface area contributed by atoms with Crippen LogP contribution in [0.3, 0.4) is 0 Å². The number of benzene rings is 1. The molecule has 0 saturated carbocycles. The molecule has 0 amide bonds. The molecule has 2 N–H and O–H groups in total. The number of H-pyrrole nitrogens is 1. The van der Waals surface area contributed by atoms with Gasteiger partial charge in [0.05, 0.1) is 5.52 Å². The first-order valence-electron chi connectivity index (χ1n) is 5.01. The van der Waals surface area contributed by atoms with Gasteiger partial charge in [-0.25, -0.2) is 0 Å². The van der Waals surface area contributed by atoms with E-state index >= 15 is 0 Å². The lowest BCUT2D eigenvalue weighted by Crippen LogP contribution is -2.54. The second kappa shape index (κ2) is 3.89. The Morgan fingerprint density at radius 1 is 0.895 bits per heavy atom. The molecule has 19 heavy (non-hydrogen) atoms. The van der Waals surface area contributed by atoms with Crippen LogP contribution in [0, 0.1) is 0 Å². The van der Waals surface area contributed by atoms with Crippen LogP contribution in [0.2, 0.25) is 0 Å². The summed E-state index contributed by atoms with van der Waals surface area (Å²) in [4.78, 5) is 2.28. The number of halogens is 6. The van der Waals surface area contributed by atoms with E-state index in [2.05, 4.69) is 4.98 Å². The van der Waals surface area contributed by atoms with Crippen molar-refractivity contribution < 1.29 is 31.4 Å². The minimum Gasteiger partial charge on any atom is -0.369 e. The van der Waals surface area contributed by atoms with E-state index in [1.807, 2.05) is 0 Å². The maximum atomic E-state index is 12.7. The number of hydrogen-bond donors (Lipinski definition) is 2. The number of aromatic nitrogens is 1. The Kier molecular flexibility index (Phi) is 2.81. The van der Waals surface area contributed by atoms with Gasteiger partial charge in [0.15, 0.2) is 0 Å². The summed E-state index contributed by atoms with van der Waals surface area (Å²) < 4.78 is 76.4. The van der Waals surface area contributed by atoms with E-state index in [1.54, 1.807) is 0 Å². The molecule has 2 nitrogen and oxygen atoms in total. The van der Waals surface area contributed by atoms with Crippen molar-refractivity contribution in [1.29, 1.82) is 0 Å². The summed E-state index contributed by atoms with van der Waals surface area (Å²) in [6.45, 7) is 0. The summed E-state index contributed by atoms with van der Waals surface area (Å²) in [5, 5.41) is 9.45. The summed E-state index contributed by atoms with van der Waals surface area (Å²) in [7, 11) is 0. The van der Waals surface area contributed by atoms with Crippen molar-refractivity contribution >= 4 is 10.9 Å². The fourth-order valence-corrected chi connectivity index (χ4v) is 1.85. The first kappa shape index (κ1) is 13.7. The number of aliphatic hydroxyl groups is 1. The van der Waals surface area contributed by atoms with E-state index in [0.29, 0.717) is 6.07 Å². The van der Waals surface area contributed by atoms with E-state index in [4.69, 9.17) is 0 Å². The summed E-state index contributed by atoms with van der Waals surface area (Å²) in [6.07, 6.45) is -10.6. The Labute approximate surface area is 102 Å². The second-order valence-corrected chi connectivity index (χ2v) is 3.95. The van der Waals surface area contributed by atoms with E-state index in [-0.39, 0.29) is 5.39 Å². The van der Waals surface area contributed by atoms with Crippen LogP contribution in [-0.2, 0) is 5.60 Å². The summed E-state index contributed by atoms with van der Waals surface area (Å²) >= 11 is 0. The lowest BCUT2D eigenvalue weighted by Gasteiger charge is -2.32. The molecule has 104 valence electrons. The molecule has 8 heteroatoms. The number of alkyl halides is 6. The molecule has 2 rings (SSSR count). The fraction of sp³-hybridized carbons (Fsp3) is 0.273. The summed E-state index contributed by atoms with van der Waals surface area (Å²) in [6, 6.07) is 4.27. The first-order chi connectivity index (χ1) is 8.59. The van der Waals surface area contributed by atoms with Crippen molar-refractivity contribution in [2.24, 2.45) is 0 Å². The van der Waals surface area contributed by atoms with Gasteiger partial charge in [-0.1, -0.05) is 18.2 Å². The van der Waals surface area contributed by atoms with Crippen LogP contribution < -0.4 is 0 Å². The van der Waals surface area contributed by atoms with Crippen LogP contribution in [0.1, 0.15) is 5.56 Å². The van der Waals surface area contributed by atoms with Crippen molar-refractivity contribution in [1.82, 2.24) is 4.98 Å². The molecule has 0 aliphatic rings. The van der Waals surface area contributed by atoms with Crippen molar-refractivity contribution in [2.45, 2.75) is 18.0 Å². The van der Waals surface area contributed by atoms with Crippen LogP contribution in [0.4, 0.5) is 26.3 Å². The second-order valence-electron chi connectivity index (χ2n) is 3.95. The van der Waals surface area contributed by atoms with E-state index in [0.717, 1.165) is 6.07 Å². The van der Waals surface area contributed by atoms with Crippen molar-refractivity contribution in [2.75, 3.05) is 0 Å². The highest BCUT2D eigenvalue weighted by Gasteiger charge is 2.71. The predicted molar refractivity (Wildman–Crippen MR) is 54.3 cm³/mol. The third-order valence-corrected chi connectivity index (χ3v) is 2.80. The monoisotopic (exact) mass is 283 g/mol. The Bertz CT molecular complexity index is 583. The minimum absolute atomic E-state index is 0.143. The molecule has 0 radical (unpaired) electrons. The number of nitrogens with one attached hydrogen (secondary N) is 1. The average molecular weight is 283 g/mol. The number of aromatic amines is 1. The van der Waals surface area contributed by atoms with Gasteiger partial charge in [0, 0.05) is 11.8 Å². The van der Waals surface area contributed by atoms with Crippen LogP contribution in [0.15, 0.2) is 30.5 Å². The zero-order chi connectivity index (χ0) is 14.5. The smallest absolute Gasteiger partial charge is 0.369 e. The van der Waals surface area contributed by atoms with Gasteiger partial charge in [-0.15, -0.1) is 0 Å². The first-order valence-corrected chi connectivity index (χ1v) is 5.01. The van der Waals surface area contributed by atoms with Gasteiger partial charge in [-0.2, -0.15) is 26.3 Å². The van der Waals surface area contributed by atoms with Crippen LogP contribution in [0.25, 0.3) is 10.9 Å². The Balaban J connectivity index is 2.80. The van der Waals surface area contributed by atoms with Crippen molar-refractivity contribution in [3.63, 3.8) is 0 Å². The molecule has 0 fully saturated rings. The van der Waals surface area contributed by atoms with Crippen molar-refractivity contribution in [3.8, 4) is 0 Å². The molecule has 1 aromatic heterocycles. The Morgan fingerprint density at radius 2 is 1.47 bits per heavy atom. The summed E-state index contributed by atoms with van der Waals surface area (Å²) in [5.74, 6) is 0. The normalized spacial score (nSPS) is 14.1. The fourth-order valence-electron chi connectivity index (χ4n) is 1.85. The molecule has 0 spiro atoms. The number of rotatable bonds is 1. The molecular formula is C11H7F6NO. The van der Waals surface area contributed by atoms with Crippen LogP contribution in [0.5, 0.6) is 0 Å². The summed E-state index contributed by atoms with van der Waals surface area (Å²) in [5.41, 5.74) is -6.58. The molecular weight excluding hydrogens is 276 g/mol. The number of hydrogen-bond acceptors (Lipinski definition) is 1. The lowest BCUT2D eigenvalue weighted by molar-refractivity contribution is -0.375. The molecule has 1 aromatic carbocycles. The molecule has 0 bridgehead atoms. The topological polar surface area (TPSA) is 36.0 Å². The van der Waals surface area contributed by atoms with Gasteiger partial charge < -0.3 is 10.1 Å². The molecule has 0 atom stereocenters. The largest absolute Gasteiger partial charge is 0.430 e. The maximum absolute atomic E-state index is 12.7. The highest BCUT2D eigenvalue weighted by atomic mass is 19.4. The quantitative estimate of drug-likeness (QED) is 0.772. The highest BCUT2D eigenvalue weighted by molar-refractivity contribution is 5.83. The van der Waals surface area contributed by atoms with Gasteiger partial charge in [0.2, 0.25) is 0 Å². The van der Waals surface area contributed by atoms with E-state index in [9.17, 15) is 31.4 Å². The standard InChI is InChI=1S/C11H7F6NO/c12-10(13,14)9(19,11(15,16)17)7-3-1-2-6-4-5-18-8(6)7/h1-5,18-19H. The van der Waals surface area contributed by atoms with E-state index in [1.165, 1.54) is 18.3 Å². The number of para-hydroxylation sites is 1. The minimum atomic E-state index is -5.88. The molecule has 0 aliphatic heterocycles.